The maximum absolute atomic E-state index is 11.8. The molecule has 0 atom stereocenters. The molecule has 0 spiro atoms. The molecular formula is C14H14N2O5. The van der Waals surface area contributed by atoms with Gasteiger partial charge in [-0.2, -0.15) is 0 Å². The number of esters is 1. The van der Waals surface area contributed by atoms with Gasteiger partial charge in [0.1, 0.15) is 6.42 Å². The van der Waals surface area contributed by atoms with Crippen LogP contribution in [0.1, 0.15) is 13.3 Å². The number of nitro benzene ring substituents is 1. The second-order valence-corrected chi connectivity index (χ2v) is 4.43. The Balaban J connectivity index is 2.20. The van der Waals surface area contributed by atoms with Crippen LogP contribution in [0.3, 0.4) is 0 Å². The van der Waals surface area contributed by atoms with Crippen LogP contribution in [0.4, 0.5) is 5.69 Å². The number of fused-ring (bicyclic) bond motifs is 1. The molecule has 0 saturated carbocycles. The molecule has 110 valence electrons. The minimum atomic E-state index is -0.565. The summed E-state index contributed by atoms with van der Waals surface area (Å²) in [5, 5.41) is 11.4. The van der Waals surface area contributed by atoms with Crippen molar-refractivity contribution < 1.29 is 19.2 Å². The lowest BCUT2D eigenvalue weighted by Gasteiger charge is -2.05. The highest BCUT2D eigenvalue weighted by molar-refractivity contribution is 5.96. The molecule has 2 rings (SSSR count). The second kappa shape index (κ2) is 6.17. The van der Waals surface area contributed by atoms with Gasteiger partial charge in [-0.15, -0.1) is 0 Å². The number of benzene rings is 1. The topological polar surface area (TPSA) is 91.4 Å². The molecule has 7 nitrogen and oxygen atoms in total. The van der Waals surface area contributed by atoms with Gasteiger partial charge in [0.2, 0.25) is 0 Å². The van der Waals surface area contributed by atoms with Crippen molar-refractivity contribution in [2.45, 2.75) is 19.9 Å². The average molecular weight is 290 g/mol. The molecule has 0 fully saturated rings. The smallest absolute Gasteiger partial charge is 0.313 e. The summed E-state index contributed by atoms with van der Waals surface area (Å²) in [4.78, 5) is 33.5. The lowest BCUT2D eigenvalue weighted by Crippen LogP contribution is -2.15. The van der Waals surface area contributed by atoms with Crippen LogP contribution >= 0.6 is 0 Å². The molecule has 2 aromatic rings. The first-order valence-corrected chi connectivity index (χ1v) is 6.42. The summed E-state index contributed by atoms with van der Waals surface area (Å²) in [5.74, 6) is -0.873. The number of hydrogen-bond donors (Lipinski definition) is 0. The molecule has 0 N–H and O–H groups in total. The van der Waals surface area contributed by atoms with E-state index in [9.17, 15) is 19.7 Å². The van der Waals surface area contributed by atoms with Crippen LogP contribution in [-0.4, -0.2) is 27.8 Å². The van der Waals surface area contributed by atoms with Crippen LogP contribution < -0.4 is 0 Å². The predicted octanol–water partition coefficient (Wildman–Crippen LogP) is 2.07. The van der Waals surface area contributed by atoms with E-state index in [-0.39, 0.29) is 31.0 Å². The van der Waals surface area contributed by atoms with E-state index >= 15 is 0 Å². The lowest BCUT2D eigenvalue weighted by molar-refractivity contribution is -0.383. The Morgan fingerprint density at radius 3 is 2.76 bits per heavy atom. The van der Waals surface area contributed by atoms with Gasteiger partial charge in [0.25, 0.3) is 5.69 Å². The van der Waals surface area contributed by atoms with E-state index in [4.69, 9.17) is 4.74 Å². The number of nitrogens with zero attached hydrogens (tertiary/aromatic N) is 2. The first-order chi connectivity index (χ1) is 10.0. The average Bonchev–Trinajstić information content (AvgIpc) is 2.81. The largest absolute Gasteiger partial charge is 0.466 e. The Morgan fingerprint density at radius 2 is 2.10 bits per heavy atom. The predicted molar refractivity (Wildman–Crippen MR) is 74.8 cm³/mol. The van der Waals surface area contributed by atoms with Crippen molar-refractivity contribution in [3.8, 4) is 0 Å². The van der Waals surface area contributed by atoms with Crippen LogP contribution in [0.2, 0.25) is 0 Å². The van der Waals surface area contributed by atoms with Crippen LogP contribution in [0.5, 0.6) is 0 Å². The zero-order valence-corrected chi connectivity index (χ0v) is 11.4. The number of non-ortho nitro benzene ring substituents is 1. The summed E-state index contributed by atoms with van der Waals surface area (Å²) in [6, 6.07) is 6.25. The number of ketones is 1. The monoisotopic (exact) mass is 290 g/mol. The highest BCUT2D eigenvalue weighted by atomic mass is 16.6. The van der Waals surface area contributed by atoms with E-state index in [1.54, 1.807) is 35.9 Å². The molecule has 0 bridgehead atoms. The minimum Gasteiger partial charge on any atom is -0.466 e. The van der Waals surface area contributed by atoms with Gasteiger partial charge in [-0.3, -0.25) is 19.7 Å². The van der Waals surface area contributed by atoms with Gasteiger partial charge in [0.05, 0.1) is 29.0 Å². The quantitative estimate of drug-likeness (QED) is 0.351. The summed E-state index contributed by atoms with van der Waals surface area (Å²) < 4.78 is 6.30. The number of carbonyl (C=O) groups is 2. The maximum Gasteiger partial charge on any atom is 0.313 e. The number of rotatable bonds is 6. The summed E-state index contributed by atoms with van der Waals surface area (Å²) in [7, 11) is 0. The Bertz CT molecular complexity index is 704. The van der Waals surface area contributed by atoms with Crippen LogP contribution in [0.25, 0.3) is 10.9 Å². The van der Waals surface area contributed by atoms with Crippen molar-refractivity contribution in [1.29, 1.82) is 0 Å². The Kier molecular flexibility index (Phi) is 4.32. The van der Waals surface area contributed by atoms with Crippen molar-refractivity contribution >= 4 is 28.3 Å². The second-order valence-electron chi connectivity index (χ2n) is 4.43. The molecule has 1 aromatic carbocycles. The van der Waals surface area contributed by atoms with Crippen molar-refractivity contribution in [2.75, 3.05) is 6.61 Å². The Hall–Kier alpha value is -2.70. The number of hydrogen-bond acceptors (Lipinski definition) is 5. The standard InChI is InChI=1S/C14H14N2O5/c1-2-21-14(18)8-10(17)9-15-7-6-11-12(15)4-3-5-13(11)16(19)20/h3-7H,2,8-9H2,1H3. The number of aromatic nitrogens is 1. The number of ether oxygens (including phenoxy) is 1. The molecule has 0 unspecified atom stereocenters. The fourth-order valence-corrected chi connectivity index (χ4v) is 2.12. The molecule has 0 amide bonds. The van der Waals surface area contributed by atoms with Crippen molar-refractivity contribution in [2.24, 2.45) is 0 Å². The van der Waals surface area contributed by atoms with Gasteiger partial charge in [-0.25, -0.2) is 0 Å². The summed E-state index contributed by atoms with van der Waals surface area (Å²) >= 11 is 0. The van der Waals surface area contributed by atoms with E-state index in [0.717, 1.165) is 0 Å². The molecule has 0 radical (unpaired) electrons. The molecular weight excluding hydrogens is 276 g/mol. The summed E-state index contributed by atoms with van der Waals surface area (Å²) in [6.45, 7) is 1.87. The van der Waals surface area contributed by atoms with E-state index in [2.05, 4.69) is 0 Å². The third-order valence-corrected chi connectivity index (χ3v) is 2.98. The highest BCUT2D eigenvalue weighted by Gasteiger charge is 2.16. The van der Waals surface area contributed by atoms with E-state index in [1.807, 2.05) is 0 Å². The van der Waals surface area contributed by atoms with Crippen LogP contribution in [0, 0.1) is 10.1 Å². The normalized spacial score (nSPS) is 10.5. The molecule has 0 saturated heterocycles. The fraction of sp³-hybridized carbons (Fsp3) is 0.286. The molecule has 1 aromatic heterocycles. The fourth-order valence-electron chi connectivity index (χ4n) is 2.12. The van der Waals surface area contributed by atoms with Crippen LogP contribution in [-0.2, 0) is 20.9 Å². The molecule has 0 aliphatic heterocycles. The zero-order chi connectivity index (χ0) is 15.4. The third-order valence-electron chi connectivity index (χ3n) is 2.98. The van der Waals surface area contributed by atoms with Crippen molar-refractivity contribution in [1.82, 2.24) is 4.57 Å². The molecule has 21 heavy (non-hydrogen) atoms. The molecule has 0 aliphatic rings. The van der Waals surface area contributed by atoms with E-state index in [1.165, 1.54) is 6.07 Å². The van der Waals surface area contributed by atoms with Gasteiger partial charge in [-0.1, -0.05) is 6.07 Å². The Morgan fingerprint density at radius 1 is 1.33 bits per heavy atom. The van der Waals surface area contributed by atoms with Gasteiger partial charge in [0.15, 0.2) is 5.78 Å². The molecule has 1 heterocycles. The van der Waals surface area contributed by atoms with Crippen LogP contribution in [0.15, 0.2) is 30.5 Å². The van der Waals surface area contributed by atoms with Gasteiger partial charge >= 0.3 is 5.97 Å². The number of carbonyl (C=O) groups excluding carboxylic acids is 2. The first-order valence-electron chi connectivity index (χ1n) is 6.42. The van der Waals surface area contributed by atoms with Gasteiger partial charge in [-0.05, 0) is 19.1 Å². The maximum atomic E-state index is 11.8. The van der Waals surface area contributed by atoms with Gasteiger partial charge in [0, 0.05) is 12.3 Å². The Labute approximate surface area is 120 Å². The van der Waals surface area contributed by atoms with Crippen molar-refractivity contribution in [3.63, 3.8) is 0 Å². The van der Waals surface area contributed by atoms with E-state index in [0.29, 0.717) is 10.9 Å². The lowest BCUT2D eigenvalue weighted by atomic mass is 10.2. The highest BCUT2D eigenvalue weighted by Crippen LogP contribution is 2.26. The zero-order valence-electron chi connectivity index (χ0n) is 11.4. The first kappa shape index (κ1) is 14.7. The van der Waals surface area contributed by atoms with Crippen molar-refractivity contribution in [3.05, 3.63) is 40.6 Å². The number of Topliss-reactive ketones (excluding diaryl/α,β-unsaturated/α-hetero) is 1. The minimum absolute atomic E-state index is 0.0101. The summed E-state index contributed by atoms with van der Waals surface area (Å²) in [5.41, 5.74) is 0.575. The third kappa shape index (κ3) is 3.25. The SMILES string of the molecule is CCOC(=O)CC(=O)Cn1ccc2c([N+](=O)[O-])cccc21. The van der Waals surface area contributed by atoms with E-state index < -0.39 is 10.9 Å². The summed E-state index contributed by atoms with van der Waals surface area (Å²) in [6.07, 6.45) is 1.29. The molecule has 0 aliphatic carbocycles. The van der Waals surface area contributed by atoms with Gasteiger partial charge < -0.3 is 9.30 Å². The molecule has 7 heteroatoms. The number of nitro groups is 1.